The minimum atomic E-state index is -3.89. The minimum Gasteiger partial charge on any atom is -0.410 e. The maximum absolute atomic E-state index is 12.2. The Bertz CT molecular complexity index is 1230. The summed E-state index contributed by atoms with van der Waals surface area (Å²) in [6.45, 7) is 3.47. The first kappa shape index (κ1) is 21.4. The largest absolute Gasteiger partial charge is 0.550 e. The molecule has 0 aliphatic rings. The first-order chi connectivity index (χ1) is 14.5. The standard InChI is InChI=1S/C11H14N3O5P.C6H5N3O/c1-3-17-20(16,18-4-2)19-14-11(15)9-7-5-6-8-10(9)12-13-14;10-9-6-4-2-1-3-5(6)7-8-9/h5-8H,3-4H2,1-2H3;1-4,10H. The van der Waals surface area contributed by atoms with E-state index < -0.39 is 13.4 Å². The molecule has 2 aromatic carbocycles. The molecule has 0 saturated carbocycles. The molecule has 4 rings (SSSR count). The van der Waals surface area contributed by atoms with Crippen LogP contribution in [0.25, 0.3) is 21.9 Å². The molecule has 1 N–H and O–H groups in total. The third-order valence-electron chi connectivity index (χ3n) is 3.63. The van der Waals surface area contributed by atoms with Crippen LogP contribution in [0.1, 0.15) is 13.8 Å². The highest BCUT2D eigenvalue weighted by molar-refractivity contribution is 7.48. The van der Waals surface area contributed by atoms with E-state index in [0.717, 1.165) is 4.85 Å². The van der Waals surface area contributed by atoms with Crippen molar-refractivity contribution in [3.8, 4) is 0 Å². The van der Waals surface area contributed by atoms with Gasteiger partial charge in [-0.3, -0.25) is 18.5 Å². The molecule has 4 aromatic rings. The maximum Gasteiger partial charge on any atom is 0.550 e. The third kappa shape index (κ3) is 4.79. The van der Waals surface area contributed by atoms with Gasteiger partial charge in [-0.05, 0) is 53.4 Å². The second-order valence-electron chi connectivity index (χ2n) is 5.62. The fraction of sp³-hybridized carbons (Fsp3) is 0.235. The predicted molar refractivity (Wildman–Crippen MR) is 106 cm³/mol. The van der Waals surface area contributed by atoms with E-state index in [2.05, 4.69) is 20.6 Å². The molecule has 0 saturated heterocycles. The van der Waals surface area contributed by atoms with Gasteiger partial charge < -0.3 is 5.21 Å². The van der Waals surface area contributed by atoms with Crippen molar-refractivity contribution >= 4 is 29.8 Å². The van der Waals surface area contributed by atoms with E-state index in [1.165, 1.54) is 0 Å². The number of benzene rings is 2. The minimum absolute atomic E-state index is 0.104. The van der Waals surface area contributed by atoms with E-state index in [4.69, 9.17) is 18.9 Å². The Morgan fingerprint density at radius 1 is 0.933 bits per heavy atom. The first-order valence-corrected chi connectivity index (χ1v) is 10.4. The van der Waals surface area contributed by atoms with Crippen molar-refractivity contribution in [2.24, 2.45) is 0 Å². The Labute approximate surface area is 170 Å². The molecular weight excluding hydrogens is 415 g/mol. The van der Waals surface area contributed by atoms with E-state index in [1.54, 1.807) is 50.2 Å². The summed E-state index contributed by atoms with van der Waals surface area (Å²) in [7, 11) is -3.89. The van der Waals surface area contributed by atoms with Gasteiger partial charge in [-0.2, -0.15) is 0 Å². The van der Waals surface area contributed by atoms with Gasteiger partial charge in [-0.25, -0.2) is 4.57 Å². The molecule has 13 heteroatoms. The molecule has 158 valence electrons. The van der Waals surface area contributed by atoms with Gasteiger partial charge in [0.15, 0.2) is 0 Å². The van der Waals surface area contributed by atoms with Gasteiger partial charge >= 0.3 is 13.4 Å². The zero-order valence-corrected chi connectivity index (χ0v) is 17.0. The molecular formula is C17H19N6O6P. The molecule has 0 spiro atoms. The molecule has 0 bridgehead atoms. The predicted octanol–water partition coefficient (Wildman–Crippen LogP) is 2.07. The maximum atomic E-state index is 12.2. The van der Waals surface area contributed by atoms with Crippen molar-refractivity contribution in [1.29, 1.82) is 0 Å². The molecule has 0 fully saturated rings. The van der Waals surface area contributed by atoms with Crippen LogP contribution in [0.3, 0.4) is 0 Å². The first-order valence-electron chi connectivity index (χ1n) is 8.91. The van der Waals surface area contributed by atoms with Crippen LogP contribution in [0.2, 0.25) is 0 Å². The Kier molecular flexibility index (Phi) is 6.72. The fourth-order valence-corrected chi connectivity index (χ4v) is 3.48. The molecule has 2 aromatic heterocycles. The summed E-state index contributed by atoms with van der Waals surface area (Å²) in [6, 6.07) is 13.8. The highest BCUT2D eigenvalue weighted by Gasteiger charge is 2.29. The van der Waals surface area contributed by atoms with Crippen LogP contribution in [-0.2, 0) is 13.6 Å². The lowest BCUT2D eigenvalue weighted by molar-refractivity contribution is 0.0900. The lowest BCUT2D eigenvalue weighted by Crippen LogP contribution is -2.30. The number of hydrogen-bond acceptors (Lipinski definition) is 10. The van der Waals surface area contributed by atoms with Crippen LogP contribution < -0.4 is 10.2 Å². The van der Waals surface area contributed by atoms with Crippen molar-refractivity contribution in [3.63, 3.8) is 0 Å². The summed E-state index contributed by atoms with van der Waals surface area (Å²) in [5, 5.41) is 23.7. The molecule has 0 unspecified atom stereocenters. The monoisotopic (exact) mass is 434 g/mol. The van der Waals surface area contributed by atoms with Crippen molar-refractivity contribution in [2.75, 3.05) is 13.2 Å². The molecule has 0 radical (unpaired) electrons. The Hall–Kier alpha value is -3.34. The highest BCUT2D eigenvalue weighted by atomic mass is 31.2. The van der Waals surface area contributed by atoms with Crippen molar-refractivity contribution < 1.29 is 23.4 Å². The zero-order chi connectivity index (χ0) is 21.6. The van der Waals surface area contributed by atoms with Gasteiger partial charge in [-0.15, -0.1) is 10.2 Å². The lowest BCUT2D eigenvalue weighted by atomic mass is 10.2. The van der Waals surface area contributed by atoms with Crippen molar-refractivity contribution in [3.05, 3.63) is 58.9 Å². The number of rotatable bonds is 6. The lowest BCUT2D eigenvalue weighted by Gasteiger charge is -2.15. The van der Waals surface area contributed by atoms with Gasteiger partial charge in [0.05, 0.1) is 18.6 Å². The normalized spacial score (nSPS) is 11.3. The molecule has 12 nitrogen and oxygen atoms in total. The fourth-order valence-electron chi connectivity index (χ4n) is 2.38. The summed E-state index contributed by atoms with van der Waals surface area (Å²) in [5.74, 6) is 0. The second-order valence-corrected chi connectivity index (χ2v) is 7.19. The third-order valence-corrected chi connectivity index (χ3v) is 5.13. The average Bonchev–Trinajstić information content (AvgIpc) is 3.12. The summed E-state index contributed by atoms with van der Waals surface area (Å²) in [5.41, 5.74) is 1.16. The Morgan fingerprint density at radius 2 is 1.53 bits per heavy atom. The molecule has 0 aliphatic heterocycles. The van der Waals surface area contributed by atoms with Crippen LogP contribution in [0.4, 0.5) is 0 Å². The quantitative estimate of drug-likeness (QED) is 0.354. The smallest absolute Gasteiger partial charge is 0.410 e. The average molecular weight is 434 g/mol. The van der Waals surface area contributed by atoms with Gasteiger partial charge in [-0.1, -0.05) is 29.1 Å². The van der Waals surface area contributed by atoms with Crippen LogP contribution in [0.15, 0.2) is 53.3 Å². The molecule has 0 atom stereocenters. The Morgan fingerprint density at radius 3 is 2.20 bits per heavy atom. The Balaban J connectivity index is 0.000000212. The number of para-hydroxylation sites is 1. The highest BCUT2D eigenvalue weighted by Crippen LogP contribution is 2.45. The summed E-state index contributed by atoms with van der Waals surface area (Å²) in [6.07, 6.45) is 0. The molecule has 2 heterocycles. The second kappa shape index (κ2) is 9.44. The van der Waals surface area contributed by atoms with Crippen LogP contribution in [0, 0.1) is 0 Å². The topological polar surface area (TPSA) is 143 Å². The summed E-state index contributed by atoms with van der Waals surface area (Å²) < 4.78 is 27.0. The summed E-state index contributed by atoms with van der Waals surface area (Å²) in [4.78, 5) is 13.4. The number of phosphoric acid groups is 1. The van der Waals surface area contributed by atoms with Gasteiger partial charge in [0.1, 0.15) is 16.6 Å². The van der Waals surface area contributed by atoms with Gasteiger partial charge in [0, 0.05) is 0 Å². The molecule has 0 amide bonds. The van der Waals surface area contributed by atoms with Crippen molar-refractivity contribution in [1.82, 2.24) is 30.3 Å². The summed E-state index contributed by atoms with van der Waals surface area (Å²) >= 11 is 0. The van der Waals surface area contributed by atoms with Crippen molar-refractivity contribution in [2.45, 2.75) is 13.8 Å². The number of nitrogens with zero attached hydrogens (tertiary/aromatic N) is 6. The SMILES string of the molecule is CCOP(=O)(OCC)On1nnc2ccccc2c1=O.On1nnc2ccccc21. The molecule has 30 heavy (non-hydrogen) atoms. The van der Waals surface area contributed by atoms with E-state index in [1.807, 2.05) is 12.1 Å². The number of fused-ring (bicyclic) bond motifs is 2. The van der Waals surface area contributed by atoms with Gasteiger partial charge in [0.2, 0.25) is 0 Å². The van der Waals surface area contributed by atoms with Crippen LogP contribution >= 0.6 is 7.82 Å². The van der Waals surface area contributed by atoms with E-state index in [9.17, 15) is 9.36 Å². The van der Waals surface area contributed by atoms with E-state index in [0.29, 0.717) is 26.8 Å². The zero-order valence-electron chi connectivity index (χ0n) is 16.2. The number of hydrogen-bond donors (Lipinski definition) is 1. The molecule has 0 aliphatic carbocycles. The number of phosphoric ester groups is 1. The van der Waals surface area contributed by atoms with E-state index >= 15 is 0 Å². The number of aromatic nitrogens is 6. The van der Waals surface area contributed by atoms with Crippen LogP contribution in [0.5, 0.6) is 0 Å². The van der Waals surface area contributed by atoms with Crippen LogP contribution in [-0.4, -0.2) is 48.7 Å². The van der Waals surface area contributed by atoms with E-state index in [-0.39, 0.29) is 13.2 Å². The van der Waals surface area contributed by atoms with Gasteiger partial charge in [0.25, 0.3) is 0 Å².